The number of hydrogen-bond acceptors (Lipinski definition) is 6. The van der Waals surface area contributed by atoms with Crippen molar-refractivity contribution in [3.8, 4) is 17.4 Å². The highest BCUT2D eigenvalue weighted by atomic mass is 35.5. The van der Waals surface area contributed by atoms with Crippen molar-refractivity contribution in [1.29, 1.82) is 0 Å². The molecule has 3 heterocycles. The van der Waals surface area contributed by atoms with Crippen LogP contribution in [0.1, 0.15) is 24.2 Å². The van der Waals surface area contributed by atoms with E-state index in [1.807, 2.05) is 6.20 Å². The van der Waals surface area contributed by atoms with Gasteiger partial charge in [0.25, 0.3) is 0 Å². The number of benzene rings is 1. The molecular weight excluding hydrogens is 369 g/mol. The number of nitrogens with zero attached hydrogens (tertiary/aromatic N) is 5. The zero-order valence-corrected chi connectivity index (χ0v) is 15.6. The van der Waals surface area contributed by atoms with Gasteiger partial charge in [-0.05, 0) is 19.1 Å². The largest absolute Gasteiger partial charge is 0.494 e. The fourth-order valence-electron chi connectivity index (χ4n) is 3.30. The van der Waals surface area contributed by atoms with E-state index in [0.29, 0.717) is 18.2 Å². The number of rotatable bonds is 3. The first-order chi connectivity index (χ1) is 13.1. The Morgan fingerprint density at radius 1 is 1.19 bits per heavy atom. The number of aromatic nitrogens is 4. The van der Waals surface area contributed by atoms with Crippen LogP contribution >= 0.6 is 11.6 Å². The zero-order chi connectivity index (χ0) is 19.0. The van der Waals surface area contributed by atoms with E-state index in [0.717, 1.165) is 23.4 Å². The molecule has 6 nitrogen and oxygen atoms in total. The van der Waals surface area contributed by atoms with Crippen molar-refractivity contribution in [2.24, 2.45) is 0 Å². The van der Waals surface area contributed by atoms with Gasteiger partial charge < -0.3 is 9.64 Å². The Morgan fingerprint density at radius 3 is 2.70 bits per heavy atom. The first-order valence-electron chi connectivity index (χ1n) is 8.51. The van der Waals surface area contributed by atoms with Crippen molar-refractivity contribution in [3.05, 3.63) is 58.9 Å². The summed E-state index contributed by atoms with van der Waals surface area (Å²) in [7, 11) is 1.43. The molecule has 1 aliphatic rings. The van der Waals surface area contributed by atoms with Gasteiger partial charge in [-0.1, -0.05) is 11.6 Å². The number of ether oxygens (including phenoxy) is 1. The topological polar surface area (TPSA) is 64.0 Å². The molecule has 2 aromatic heterocycles. The third-order valence-corrected chi connectivity index (χ3v) is 4.98. The molecule has 1 aromatic carbocycles. The van der Waals surface area contributed by atoms with Crippen LogP contribution in [-0.4, -0.2) is 33.6 Å². The van der Waals surface area contributed by atoms with E-state index in [2.05, 4.69) is 31.8 Å². The van der Waals surface area contributed by atoms with E-state index in [-0.39, 0.29) is 16.8 Å². The first kappa shape index (κ1) is 17.6. The third kappa shape index (κ3) is 3.19. The number of halogens is 2. The molecule has 0 N–H and O–H groups in total. The van der Waals surface area contributed by atoms with Crippen molar-refractivity contribution in [2.75, 3.05) is 18.6 Å². The number of methoxy groups -OCH3 is 1. The summed E-state index contributed by atoms with van der Waals surface area (Å²) < 4.78 is 19.1. The van der Waals surface area contributed by atoms with Crippen LogP contribution in [0.5, 0.6) is 5.75 Å². The minimum atomic E-state index is -0.552. The Labute approximate surface area is 161 Å². The molecule has 0 saturated heterocycles. The van der Waals surface area contributed by atoms with Crippen molar-refractivity contribution < 1.29 is 9.13 Å². The first-order valence-corrected chi connectivity index (χ1v) is 8.89. The van der Waals surface area contributed by atoms with Crippen molar-refractivity contribution in [1.82, 2.24) is 19.9 Å². The Bertz CT molecular complexity index is 985. The van der Waals surface area contributed by atoms with Gasteiger partial charge in [-0.2, -0.15) is 0 Å². The number of fused-ring (bicyclic) bond motifs is 1. The van der Waals surface area contributed by atoms with Crippen LogP contribution in [0, 0.1) is 5.82 Å². The average Bonchev–Trinajstić information content (AvgIpc) is 2.70. The van der Waals surface area contributed by atoms with Gasteiger partial charge in [-0.15, -0.1) is 0 Å². The molecule has 3 aromatic rings. The standard InChI is InChI=1S/C19H17ClFN5O/c1-11-13-10-24-19(18-22-5-3-6-23-18)25-15(13)4-7-26(11)12-8-14(20)17(21)16(9-12)27-2/h3,5-6,8-11H,4,7H2,1-2H3/t11-/m1/s1. The molecule has 0 bridgehead atoms. The molecule has 138 valence electrons. The molecule has 1 aliphatic heterocycles. The Balaban J connectivity index is 1.68. The fraction of sp³-hybridized carbons (Fsp3) is 0.263. The predicted octanol–water partition coefficient (Wildman–Crippen LogP) is 3.86. The van der Waals surface area contributed by atoms with E-state index in [9.17, 15) is 4.39 Å². The molecule has 0 amide bonds. The molecule has 0 unspecified atom stereocenters. The molecule has 0 spiro atoms. The summed E-state index contributed by atoms with van der Waals surface area (Å²) in [5.74, 6) is 0.596. The zero-order valence-electron chi connectivity index (χ0n) is 14.9. The second-order valence-electron chi connectivity index (χ2n) is 6.23. The van der Waals surface area contributed by atoms with Gasteiger partial charge in [0, 0.05) is 48.9 Å². The lowest BCUT2D eigenvalue weighted by Gasteiger charge is -2.36. The summed E-state index contributed by atoms with van der Waals surface area (Å²) in [6, 6.07) is 5.04. The van der Waals surface area contributed by atoms with Crippen LogP contribution < -0.4 is 9.64 Å². The quantitative estimate of drug-likeness (QED) is 0.682. The summed E-state index contributed by atoms with van der Waals surface area (Å²) in [5, 5.41) is 0.0372. The normalized spacial score (nSPS) is 16.1. The van der Waals surface area contributed by atoms with E-state index >= 15 is 0 Å². The lowest BCUT2D eigenvalue weighted by atomic mass is 9.98. The molecule has 0 radical (unpaired) electrons. The fourth-order valence-corrected chi connectivity index (χ4v) is 3.51. The average molecular weight is 386 g/mol. The van der Waals surface area contributed by atoms with Crippen molar-refractivity contribution >= 4 is 17.3 Å². The summed E-state index contributed by atoms with van der Waals surface area (Å²) in [5.41, 5.74) is 2.78. The van der Waals surface area contributed by atoms with E-state index < -0.39 is 5.82 Å². The number of hydrogen-bond donors (Lipinski definition) is 0. The molecule has 8 heteroatoms. The minimum absolute atomic E-state index is 0.00530. The van der Waals surface area contributed by atoms with E-state index in [1.165, 1.54) is 7.11 Å². The molecule has 0 saturated carbocycles. The smallest absolute Gasteiger partial charge is 0.197 e. The van der Waals surface area contributed by atoms with Gasteiger partial charge in [-0.25, -0.2) is 24.3 Å². The highest BCUT2D eigenvalue weighted by Crippen LogP contribution is 2.37. The summed E-state index contributed by atoms with van der Waals surface area (Å²) >= 11 is 6.03. The molecule has 4 rings (SSSR count). The van der Waals surface area contributed by atoms with E-state index in [4.69, 9.17) is 16.3 Å². The molecule has 0 fully saturated rings. The number of anilines is 1. The van der Waals surface area contributed by atoms with Gasteiger partial charge in [-0.3, -0.25) is 0 Å². The molecule has 1 atom stereocenters. The van der Waals surface area contributed by atoms with Gasteiger partial charge in [0.05, 0.1) is 23.9 Å². The maximum atomic E-state index is 14.0. The summed E-state index contributed by atoms with van der Waals surface area (Å²) in [6.07, 6.45) is 5.87. The lowest BCUT2D eigenvalue weighted by Crippen LogP contribution is -2.34. The Morgan fingerprint density at radius 2 is 1.96 bits per heavy atom. The van der Waals surface area contributed by atoms with Crippen LogP contribution in [0.3, 0.4) is 0 Å². The molecule has 0 aliphatic carbocycles. The SMILES string of the molecule is COc1cc(N2CCc3nc(-c4ncccn4)ncc3[C@H]2C)cc(Cl)c1F. The highest BCUT2D eigenvalue weighted by Gasteiger charge is 2.27. The second-order valence-corrected chi connectivity index (χ2v) is 6.64. The van der Waals surface area contributed by atoms with Crippen LogP contribution in [0.15, 0.2) is 36.8 Å². The van der Waals surface area contributed by atoms with Crippen molar-refractivity contribution in [3.63, 3.8) is 0 Å². The maximum absolute atomic E-state index is 14.0. The Hall–Kier alpha value is -2.80. The van der Waals surface area contributed by atoms with Gasteiger partial charge in [0.2, 0.25) is 0 Å². The summed E-state index contributed by atoms with van der Waals surface area (Å²) in [6.45, 7) is 2.77. The second kappa shape index (κ2) is 7.08. The van der Waals surface area contributed by atoms with Crippen LogP contribution in [0.25, 0.3) is 11.6 Å². The molecule has 27 heavy (non-hydrogen) atoms. The van der Waals surface area contributed by atoms with Crippen molar-refractivity contribution in [2.45, 2.75) is 19.4 Å². The van der Waals surface area contributed by atoms with Gasteiger partial charge >= 0.3 is 0 Å². The minimum Gasteiger partial charge on any atom is -0.494 e. The Kier molecular flexibility index (Phi) is 4.61. The molecular formula is C19H17ClFN5O. The van der Waals surface area contributed by atoms with Crippen LogP contribution in [-0.2, 0) is 6.42 Å². The van der Waals surface area contributed by atoms with Gasteiger partial charge in [0.15, 0.2) is 23.2 Å². The maximum Gasteiger partial charge on any atom is 0.197 e. The van der Waals surface area contributed by atoms with E-state index in [1.54, 1.807) is 30.6 Å². The predicted molar refractivity (Wildman–Crippen MR) is 100 cm³/mol. The lowest BCUT2D eigenvalue weighted by molar-refractivity contribution is 0.386. The summed E-state index contributed by atoms with van der Waals surface area (Å²) in [4.78, 5) is 19.6. The van der Waals surface area contributed by atoms with Crippen LogP contribution in [0.4, 0.5) is 10.1 Å². The monoisotopic (exact) mass is 385 g/mol. The van der Waals surface area contributed by atoms with Crippen LogP contribution in [0.2, 0.25) is 5.02 Å². The highest BCUT2D eigenvalue weighted by molar-refractivity contribution is 6.31. The van der Waals surface area contributed by atoms with Gasteiger partial charge in [0.1, 0.15) is 0 Å². The third-order valence-electron chi connectivity index (χ3n) is 4.70.